The summed E-state index contributed by atoms with van der Waals surface area (Å²) >= 11 is 5.07. The van der Waals surface area contributed by atoms with E-state index in [1.165, 1.54) is 11.9 Å². The van der Waals surface area contributed by atoms with Gasteiger partial charge in [0.15, 0.2) is 0 Å². The molecule has 4 nitrogen and oxygen atoms in total. The monoisotopic (exact) mass is 291 g/mol. The van der Waals surface area contributed by atoms with E-state index in [1.54, 1.807) is 11.3 Å². The molecule has 1 aromatic heterocycles. The third-order valence-corrected chi connectivity index (χ3v) is 4.14. The van der Waals surface area contributed by atoms with Gasteiger partial charge in [0, 0.05) is 33.8 Å². The second-order valence-electron chi connectivity index (χ2n) is 3.03. The Hall–Kier alpha value is -0.590. The first-order valence-electron chi connectivity index (χ1n) is 4.48. The fourth-order valence-corrected chi connectivity index (χ4v) is 3.16. The zero-order valence-electron chi connectivity index (χ0n) is 8.08. The van der Waals surface area contributed by atoms with Crippen molar-refractivity contribution in [2.45, 2.75) is 12.7 Å². The quantitative estimate of drug-likeness (QED) is 0.865. The Balaban J connectivity index is 2.21. The minimum absolute atomic E-state index is 0.481. The van der Waals surface area contributed by atoms with Crippen molar-refractivity contribution in [3.8, 4) is 0 Å². The van der Waals surface area contributed by atoms with E-state index in [0.29, 0.717) is 6.61 Å². The Morgan fingerprint density at radius 2 is 2.60 bits per heavy atom. The number of thiophene rings is 1. The lowest BCUT2D eigenvalue weighted by Gasteiger charge is -2.23. The van der Waals surface area contributed by atoms with E-state index in [4.69, 9.17) is 9.47 Å². The largest absolute Gasteiger partial charge is 0.415 e. The summed E-state index contributed by atoms with van der Waals surface area (Å²) in [4.78, 5) is 12.3. The molecule has 0 fully saturated rings. The van der Waals surface area contributed by atoms with Crippen molar-refractivity contribution >= 4 is 33.4 Å². The molecular weight excluding hydrogens is 282 g/mol. The normalized spacial score (nSPS) is 19.5. The van der Waals surface area contributed by atoms with Crippen molar-refractivity contribution in [1.82, 2.24) is 5.32 Å². The highest BCUT2D eigenvalue weighted by Gasteiger charge is 2.27. The third-order valence-electron chi connectivity index (χ3n) is 2.11. The van der Waals surface area contributed by atoms with Gasteiger partial charge in [-0.3, -0.25) is 0 Å². The summed E-state index contributed by atoms with van der Waals surface area (Å²) in [5.41, 5.74) is 0.940. The number of fused-ring (bicyclic) bond motifs is 1. The van der Waals surface area contributed by atoms with Crippen molar-refractivity contribution in [3.05, 3.63) is 20.3 Å². The van der Waals surface area contributed by atoms with E-state index in [-0.39, 0.29) is 0 Å². The van der Waals surface area contributed by atoms with Crippen LogP contribution in [0.1, 0.15) is 16.7 Å². The van der Waals surface area contributed by atoms with Crippen molar-refractivity contribution in [1.29, 1.82) is 0 Å². The first-order chi connectivity index (χ1) is 7.22. The van der Waals surface area contributed by atoms with Crippen LogP contribution in [-0.2, 0) is 15.9 Å². The molecule has 1 aromatic rings. The van der Waals surface area contributed by atoms with Crippen LogP contribution >= 0.6 is 27.3 Å². The van der Waals surface area contributed by atoms with Crippen molar-refractivity contribution in [2.75, 3.05) is 13.7 Å². The minimum Gasteiger partial charge on any atom is -0.415 e. The van der Waals surface area contributed by atoms with Gasteiger partial charge < -0.3 is 14.8 Å². The maximum Gasteiger partial charge on any atom is 0.409 e. The van der Waals surface area contributed by atoms with Crippen molar-refractivity contribution < 1.29 is 14.3 Å². The Morgan fingerprint density at radius 1 is 1.80 bits per heavy atom. The van der Waals surface area contributed by atoms with Gasteiger partial charge in [0.25, 0.3) is 0 Å². The van der Waals surface area contributed by atoms with E-state index >= 15 is 0 Å². The zero-order chi connectivity index (χ0) is 10.8. The third kappa shape index (κ3) is 2.16. The van der Waals surface area contributed by atoms with Crippen LogP contribution in [0.2, 0.25) is 0 Å². The lowest BCUT2D eigenvalue weighted by Crippen LogP contribution is -2.26. The number of alkyl carbamates (subject to hydrolysis) is 1. The van der Waals surface area contributed by atoms with Gasteiger partial charge in [0.2, 0.25) is 6.29 Å². The number of hydrogen-bond acceptors (Lipinski definition) is 4. The van der Waals surface area contributed by atoms with Crippen LogP contribution in [0.15, 0.2) is 9.85 Å². The lowest BCUT2D eigenvalue weighted by atomic mass is 10.2. The molecular formula is C9H10BrNO3S. The molecule has 1 unspecified atom stereocenters. The number of ether oxygens (including phenoxy) is 2. The molecule has 0 aliphatic carbocycles. The Kier molecular flexibility index (Phi) is 3.28. The second kappa shape index (κ2) is 4.51. The molecule has 0 aromatic carbocycles. The highest BCUT2D eigenvalue weighted by Crippen LogP contribution is 2.38. The number of amides is 1. The zero-order valence-corrected chi connectivity index (χ0v) is 10.5. The van der Waals surface area contributed by atoms with E-state index in [0.717, 1.165) is 16.5 Å². The number of rotatable bonds is 1. The minimum atomic E-state index is -0.589. The molecule has 0 bridgehead atoms. The first-order valence-corrected chi connectivity index (χ1v) is 6.15. The fraction of sp³-hybridized carbons (Fsp3) is 0.444. The standard InChI is InChI=1S/C9H10BrNO3S/c1-11-9(12)14-8-7-5(10)4-15-6(7)2-3-13-8/h4,8H,2-3H2,1H3,(H,11,12). The van der Waals surface area contributed by atoms with E-state index < -0.39 is 12.4 Å². The Bertz CT molecular complexity index is 379. The van der Waals surface area contributed by atoms with Crippen molar-refractivity contribution in [3.63, 3.8) is 0 Å². The maximum atomic E-state index is 11.1. The van der Waals surface area contributed by atoms with Gasteiger partial charge in [-0.2, -0.15) is 0 Å². The van der Waals surface area contributed by atoms with E-state index in [1.807, 2.05) is 5.38 Å². The summed E-state index contributed by atoms with van der Waals surface area (Å²) in [6.07, 6.45) is -0.195. The summed E-state index contributed by atoms with van der Waals surface area (Å²) < 4.78 is 11.5. The summed E-state index contributed by atoms with van der Waals surface area (Å²) in [5.74, 6) is 0. The van der Waals surface area contributed by atoms with Gasteiger partial charge in [0.1, 0.15) is 0 Å². The van der Waals surface area contributed by atoms with Gasteiger partial charge in [-0.25, -0.2) is 4.79 Å². The summed E-state index contributed by atoms with van der Waals surface area (Å²) in [5, 5.41) is 4.39. The molecule has 15 heavy (non-hydrogen) atoms. The number of hydrogen-bond donors (Lipinski definition) is 1. The predicted molar refractivity (Wildman–Crippen MR) is 60.0 cm³/mol. The number of nitrogens with one attached hydrogen (secondary N) is 1. The molecule has 0 radical (unpaired) electrons. The fourth-order valence-electron chi connectivity index (χ4n) is 1.41. The highest BCUT2D eigenvalue weighted by atomic mass is 79.9. The molecule has 1 atom stereocenters. The van der Waals surface area contributed by atoms with Crippen LogP contribution in [0.4, 0.5) is 4.79 Å². The topological polar surface area (TPSA) is 47.6 Å². The SMILES string of the molecule is CNC(=O)OC1OCCc2scc(Br)c21. The molecule has 1 N–H and O–H groups in total. The Labute approximate surface area is 99.7 Å². The van der Waals surface area contributed by atoms with Crippen LogP contribution in [0.3, 0.4) is 0 Å². The van der Waals surface area contributed by atoms with Gasteiger partial charge in [-0.15, -0.1) is 11.3 Å². The summed E-state index contributed by atoms with van der Waals surface area (Å²) in [6, 6.07) is 0. The molecule has 82 valence electrons. The molecule has 2 heterocycles. The molecule has 2 rings (SSSR count). The van der Waals surface area contributed by atoms with Gasteiger partial charge in [-0.05, 0) is 15.9 Å². The molecule has 1 aliphatic heterocycles. The van der Waals surface area contributed by atoms with Gasteiger partial charge in [0.05, 0.1) is 6.61 Å². The first kappa shape index (κ1) is 10.9. The number of carbonyl (C=O) groups excluding carboxylic acids is 1. The molecule has 1 aliphatic rings. The van der Waals surface area contributed by atoms with Crippen LogP contribution in [0.25, 0.3) is 0 Å². The average molecular weight is 292 g/mol. The highest BCUT2D eigenvalue weighted by molar-refractivity contribution is 9.10. The van der Waals surface area contributed by atoms with Gasteiger partial charge >= 0.3 is 6.09 Å². The molecule has 6 heteroatoms. The van der Waals surface area contributed by atoms with Gasteiger partial charge in [-0.1, -0.05) is 0 Å². The number of halogens is 1. The molecule has 0 saturated heterocycles. The summed E-state index contributed by atoms with van der Waals surface area (Å²) in [7, 11) is 1.52. The second-order valence-corrected chi connectivity index (χ2v) is 4.85. The Morgan fingerprint density at radius 3 is 3.33 bits per heavy atom. The average Bonchev–Trinajstić information content (AvgIpc) is 2.61. The molecule has 1 amide bonds. The summed E-state index contributed by atoms with van der Waals surface area (Å²) in [6.45, 7) is 0.585. The smallest absolute Gasteiger partial charge is 0.409 e. The van der Waals surface area contributed by atoms with Crippen LogP contribution < -0.4 is 5.32 Å². The van der Waals surface area contributed by atoms with Crippen LogP contribution in [0.5, 0.6) is 0 Å². The predicted octanol–water partition coefficient (Wildman–Crippen LogP) is 2.44. The molecule has 0 saturated carbocycles. The van der Waals surface area contributed by atoms with E-state index in [9.17, 15) is 4.79 Å². The molecule has 0 spiro atoms. The maximum absolute atomic E-state index is 11.1. The van der Waals surface area contributed by atoms with Crippen LogP contribution in [-0.4, -0.2) is 19.7 Å². The van der Waals surface area contributed by atoms with Crippen LogP contribution in [0, 0.1) is 0 Å². The van der Waals surface area contributed by atoms with E-state index in [2.05, 4.69) is 21.2 Å². The number of carbonyl (C=O) groups is 1. The lowest BCUT2D eigenvalue weighted by molar-refractivity contribution is -0.114. The van der Waals surface area contributed by atoms with Crippen molar-refractivity contribution in [2.24, 2.45) is 0 Å².